The van der Waals surface area contributed by atoms with Crippen molar-refractivity contribution in [3.8, 4) is 6.07 Å². The number of ketones is 1. The van der Waals surface area contributed by atoms with Crippen molar-refractivity contribution in [1.29, 1.82) is 5.26 Å². The number of carbonyl (C=O) groups excluding carboxylic acids is 1. The summed E-state index contributed by atoms with van der Waals surface area (Å²) in [7, 11) is 0. The standard InChI is InChI=1S/C21H15BrN2O2/c22-13-2-4-16-15(10-13)19(25)18-14-3-1-12(11-23)9-17(14)24-20(18)21(16)5-7-26-8-6-21/h1-4,9-10,24H,5-8H2. The first kappa shape index (κ1) is 15.8. The molecule has 5 heteroatoms. The molecule has 1 spiro atoms. The molecule has 1 saturated heterocycles. The minimum absolute atomic E-state index is 0.0457. The molecule has 5 rings (SSSR count). The molecular formula is C21H15BrN2O2. The molecule has 0 atom stereocenters. The molecule has 128 valence electrons. The Morgan fingerprint density at radius 2 is 1.96 bits per heavy atom. The molecule has 1 aliphatic carbocycles. The molecule has 1 aromatic heterocycles. The second-order valence-corrected chi connectivity index (χ2v) is 7.88. The first-order chi connectivity index (χ1) is 12.6. The molecular weight excluding hydrogens is 392 g/mol. The smallest absolute Gasteiger partial charge is 0.195 e. The van der Waals surface area contributed by atoms with Crippen molar-refractivity contribution in [2.24, 2.45) is 0 Å². The van der Waals surface area contributed by atoms with Crippen LogP contribution in [0.2, 0.25) is 0 Å². The summed E-state index contributed by atoms with van der Waals surface area (Å²) in [5, 5.41) is 10.1. The summed E-state index contributed by atoms with van der Waals surface area (Å²) in [5.74, 6) is 0.0457. The fourth-order valence-electron chi connectivity index (χ4n) is 4.49. The number of ether oxygens (including phenoxy) is 1. The Hall–Kier alpha value is -2.42. The molecule has 1 aliphatic heterocycles. The van der Waals surface area contributed by atoms with Crippen LogP contribution in [0.1, 0.15) is 45.6 Å². The average Bonchev–Trinajstić information content (AvgIpc) is 3.06. The van der Waals surface area contributed by atoms with Crippen LogP contribution in [0, 0.1) is 11.3 Å². The van der Waals surface area contributed by atoms with Gasteiger partial charge in [0.25, 0.3) is 0 Å². The fourth-order valence-corrected chi connectivity index (χ4v) is 4.85. The maximum absolute atomic E-state index is 13.4. The van der Waals surface area contributed by atoms with E-state index in [0.29, 0.717) is 18.8 Å². The Kier molecular flexibility index (Phi) is 3.37. The Labute approximate surface area is 158 Å². The van der Waals surface area contributed by atoms with Crippen LogP contribution in [0.3, 0.4) is 0 Å². The van der Waals surface area contributed by atoms with Gasteiger partial charge in [0, 0.05) is 45.3 Å². The third-order valence-electron chi connectivity index (χ3n) is 5.72. The minimum atomic E-state index is -0.247. The van der Waals surface area contributed by atoms with Gasteiger partial charge in [0.2, 0.25) is 0 Å². The average molecular weight is 407 g/mol. The Morgan fingerprint density at radius 3 is 2.73 bits per heavy atom. The number of benzene rings is 2. The van der Waals surface area contributed by atoms with Gasteiger partial charge in [-0.2, -0.15) is 5.26 Å². The zero-order valence-electron chi connectivity index (χ0n) is 13.9. The second kappa shape index (κ2) is 5.54. The highest BCUT2D eigenvalue weighted by Gasteiger charge is 2.46. The number of nitriles is 1. The zero-order valence-corrected chi connectivity index (χ0v) is 15.5. The summed E-state index contributed by atoms with van der Waals surface area (Å²) in [6.45, 7) is 1.34. The lowest BCUT2D eigenvalue weighted by molar-refractivity contribution is 0.0602. The van der Waals surface area contributed by atoms with E-state index in [4.69, 9.17) is 4.74 Å². The third kappa shape index (κ3) is 2.00. The first-order valence-electron chi connectivity index (χ1n) is 8.63. The summed E-state index contributed by atoms with van der Waals surface area (Å²) in [6, 6.07) is 13.7. The number of H-pyrrole nitrogens is 1. The molecule has 1 N–H and O–H groups in total. The lowest BCUT2D eigenvalue weighted by Gasteiger charge is -2.41. The molecule has 4 nitrogen and oxygen atoms in total. The van der Waals surface area contributed by atoms with Crippen molar-refractivity contribution < 1.29 is 9.53 Å². The van der Waals surface area contributed by atoms with E-state index in [1.54, 1.807) is 6.07 Å². The van der Waals surface area contributed by atoms with Crippen molar-refractivity contribution in [1.82, 2.24) is 4.98 Å². The van der Waals surface area contributed by atoms with E-state index >= 15 is 0 Å². The van der Waals surface area contributed by atoms with Gasteiger partial charge >= 0.3 is 0 Å². The predicted molar refractivity (Wildman–Crippen MR) is 101 cm³/mol. The Morgan fingerprint density at radius 1 is 1.15 bits per heavy atom. The summed E-state index contributed by atoms with van der Waals surface area (Å²) in [5.41, 5.74) is 4.75. The maximum Gasteiger partial charge on any atom is 0.195 e. The van der Waals surface area contributed by atoms with Gasteiger partial charge in [0.15, 0.2) is 5.78 Å². The van der Waals surface area contributed by atoms with Gasteiger partial charge in [-0.3, -0.25) is 4.79 Å². The molecule has 2 aliphatic rings. The van der Waals surface area contributed by atoms with E-state index in [0.717, 1.165) is 50.6 Å². The number of aromatic nitrogens is 1. The quantitative estimate of drug-likeness (QED) is 0.599. The van der Waals surface area contributed by atoms with Crippen molar-refractivity contribution in [2.45, 2.75) is 18.3 Å². The van der Waals surface area contributed by atoms with Crippen LogP contribution in [0.4, 0.5) is 0 Å². The summed E-state index contributed by atoms with van der Waals surface area (Å²) >= 11 is 3.51. The van der Waals surface area contributed by atoms with Crippen LogP contribution in [0.15, 0.2) is 40.9 Å². The maximum atomic E-state index is 13.4. The van der Waals surface area contributed by atoms with E-state index in [1.165, 1.54) is 0 Å². The third-order valence-corrected chi connectivity index (χ3v) is 6.21. The van der Waals surface area contributed by atoms with Gasteiger partial charge in [-0.1, -0.05) is 28.1 Å². The number of carbonyl (C=O) groups is 1. The van der Waals surface area contributed by atoms with Gasteiger partial charge in [0.1, 0.15) is 0 Å². The van der Waals surface area contributed by atoms with E-state index in [1.807, 2.05) is 24.3 Å². The van der Waals surface area contributed by atoms with Crippen molar-refractivity contribution >= 4 is 32.6 Å². The number of halogens is 1. The van der Waals surface area contributed by atoms with Crippen LogP contribution in [-0.2, 0) is 10.2 Å². The number of nitrogens with zero attached hydrogens (tertiary/aromatic N) is 1. The van der Waals surface area contributed by atoms with Crippen molar-refractivity contribution in [3.05, 3.63) is 68.8 Å². The van der Waals surface area contributed by atoms with E-state index in [-0.39, 0.29) is 11.2 Å². The molecule has 26 heavy (non-hydrogen) atoms. The van der Waals surface area contributed by atoms with Gasteiger partial charge in [-0.15, -0.1) is 0 Å². The minimum Gasteiger partial charge on any atom is -0.381 e. The highest BCUT2D eigenvalue weighted by Crippen LogP contribution is 2.49. The van der Waals surface area contributed by atoms with Gasteiger partial charge < -0.3 is 9.72 Å². The van der Waals surface area contributed by atoms with Crippen LogP contribution in [0.25, 0.3) is 10.9 Å². The Balaban J connectivity index is 1.87. The summed E-state index contributed by atoms with van der Waals surface area (Å²) in [4.78, 5) is 16.9. The first-order valence-corrected chi connectivity index (χ1v) is 9.42. The van der Waals surface area contributed by atoms with E-state index in [2.05, 4.69) is 33.0 Å². The Bertz CT molecular complexity index is 1120. The number of nitrogens with one attached hydrogen (secondary N) is 1. The number of aromatic amines is 1. The molecule has 0 radical (unpaired) electrons. The number of fused-ring (bicyclic) bond motifs is 6. The molecule has 0 bridgehead atoms. The zero-order chi connectivity index (χ0) is 17.9. The van der Waals surface area contributed by atoms with Gasteiger partial charge in [-0.25, -0.2) is 0 Å². The molecule has 3 aromatic rings. The molecule has 0 saturated carbocycles. The lowest BCUT2D eigenvalue weighted by atomic mass is 9.65. The number of hydrogen-bond acceptors (Lipinski definition) is 3. The van der Waals surface area contributed by atoms with Crippen molar-refractivity contribution in [3.63, 3.8) is 0 Å². The SMILES string of the molecule is N#Cc1ccc2c3c([nH]c2c1)C1(CCOCC1)c1ccc(Br)cc1C3=O. The van der Waals surface area contributed by atoms with Crippen molar-refractivity contribution in [2.75, 3.05) is 13.2 Å². The molecule has 2 aromatic carbocycles. The highest BCUT2D eigenvalue weighted by molar-refractivity contribution is 9.10. The van der Waals surface area contributed by atoms with E-state index < -0.39 is 0 Å². The van der Waals surface area contributed by atoms with E-state index in [9.17, 15) is 10.1 Å². The summed E-state index contributed by atoms with van der Waals surface area (Å²) in [6.07, 6.45) is 1.67. The van der Waals surface area contributed by atoms with Crippen LogP contribution in [-0.4, -0.2) is 24.0 Å². The van der Waals surface area contributed by atoms with Gasteiger partial charge in [0.05, 0.1) is 17.2 Å². The van der Waals surface area contributed by atoms with Crippen LogP contribution >= 0.6 is 15.9 Å². The summed E-state index contributed by atoms with van der Waals surface area (Å²) < 4.78 is 6.54. The lowest BCUT2D eigenvalue weighted by Crippen LogP contribution is -2.40. The highest BCUT2D eigenvalue weighted by atomic mass is 79.9. The fraction of sp³-hybridized carbons (Fsp3) is 0.238. The second-order valence-electron chi connectivity index (χ2n) is 6.96. The molecule has 2 heterocycles. The topological polar surface area (TPSA) is 65.9 Å². The molecule has 0 amide bonds. The normalized spacial score (nSPS) is 17.8. The molecule has 0 unspecified atom stereocenters. The van der Waals surface area contributed by atoms with Crippen LogP contribution in [0.5, 0.6) is 0 Å². The van der Waals surface area contributed by atoms with Gasteiger partial charge in [-0.05, 0) is 42.7 Å². The predicted octanol–water partition coefficient (Wildman–Crippen LogP) is 4.44. The molecule has 1 fully saturated rings. The number of rotatable bonds is 0. The number of hydrogen-bond donors (Lipinski definition) is 1. The van der Waals surface area contributed by atoms with Crippen LogP contribution < -0.4 is 0 Å². The monoisotopic (exact) mass is 406 g/mol. The largest absolute Gasteiger partial charge is 0.381 e.